The summed E-state index contributed by atoms with van der Waals surface area (Å²) in [7, 11) is 0. The lowest BCUT2D eigenvalue weighted by atomic mass is 10.1. The van der Waals surface area contributed by atoms with Crippen molar-refractivity contribution in [2.45, 2.75) is 13.8 Å². The second-order valence-corrected chi connectivity index (χ2v) is 7.10. The van der Waals surface area contributed by atoms with E-state index in [-0.39, 0.29) is 23.1 Å². The van der Waals surface area contributed by atoms with Gasteiger partial charge in [-0.1, -0.05) is 11.6 Å². The molecule has 2 aliphatic rings. The normalized spacial score (nSPS) is 16.4. The number of hydrogen-bond donors (Lipinski definition) is 1. The average Bonchev–Trinajstić information content (AvgIpc) is 3.22. The van der Waals surface area contributed by atoms with Crippen LogP contribution in [0.25, 0.3) is 6.08 Å². The molecule has 0 aliphatic carbocycles. The summed E-state index contributed by atoms with van der Waals surface area (Å²) in [5.41, 5.74) is 0.417. The van der Waals surface area contributed by atoms with Gasteiger partial charge in [0.05, 0.1) is 23.9 Å². The Morgan fingerprint density at radius 1 is 1.06 bits per heavy atom. The van der Waals surface area contributed by atoms with Crippen molar-refractivity contribution in [1.82, 2.24) is 5.32 Å². The number of fused-ring (bicyclic) bond motifs is 1. The third kappa shape index (κ3) is 3.94. The highest BCUT2D eigenvalue weighted by molar-refractivity contribution is 6.39. The summed E-state index contributed by atoms with van der Waals surface area (Å²) >= 11 is 6.33. The third-order valence-corrected chi connectivity index (χ3v) is 4.93. The van der Waals surface area contributed by atoms with Gasteiger partial charge in [-0.25, -0.2) is 9.69 Å². The van der Waals surface area contributed by atoms with E-state index in [0.717, 1.165) is 4.90 Å². The zero-order chi connectivity index (χ0) is 22.8. The lowest BCUT2D eigenvalue weighted by Crippen LogP contribution is -2.54. The van der Waals surface area contributed by atoms with Gasteiger partial charge in [-0.3, -0.25) is 14.9 Å². The Kier molecular flexibility index (Phi) is 5.91. The van der Waals surface area contributed by atoms with E-state index in [0.29, 0.717) is 41.8 Å². The second-order valence-electron chi connectivity index (χ2n) is 6.69. The SMILES string of the molecule is CCOc1cc(/C=C2\C(=O)NC(=O)N(c3ccc4c(c3)OCO4)C2=O)cc(Cl)c1OCC. The summed E-state index contributed by atoms with van der Waals surface area (Å²) in [5, 5.41) is 2.44. The van der Waals surface area contributed by atoms with Crippen LogP contribution in [-0.4, -0.2) is 37.9 Å². The van der Waals surface area contributed by atoms with Gasteiger partial charge in [0, 0.05) is 6.07 Å². The molecular weight excluding hydrogens is 440 g/mol. The molecule has 4 amide bonds. The molecular formula is C22H19ClN2O7. The number of amides is 4. The van der Waals surface area contributed by atoms with Gasteiger partial charge in [-0.2, -0.15) is 0 Å². The van der Waals surface area contributed by atoms with Gasteiger partial charge in [-0.05, 0) is 49.8 Å². The van der Waals surface area contributed by atoms with Crippen molar-refractivity contribution < 1.29 is 33.3 Å². The third-order valence-electron chi connectivity index (χ3n) is 4.65. The van der Waals surface area contributed by atoms with E-state index in [2.05, 4.69) is 5.32 Å². The van der Waals surface area contributed by atoms with Crippen LogP contribution < -0.4 is 29.2 Å². The maximum Gasteiger partial charge on any atom is 0.335 e. The predicted octanol–water partition coefficient (Wildman–Crippen LogP) is 3.53. The minimum atomic E-state index is -0.865. The average molecular weight is 459 g/mol. The Morgan fingerprint density at radius 2 is 1.81 bits per heavy atom. The lowest BCUT2D eigenvalue weighted by Gasteiger charge is -2.26. The molecule has 2 heterocycles. The molecule has 166 valence electrons. The van der Waals surface area contributed by atoms with E-state index < -0.39 is 17.8 Å². The van der Waals surface area contributed by atoms with E-state index in [1.165, 1.54) is 18.2 Å². The molecule has 0 saturated carbocycles. The molecule has 2 aromatic carbocycles. The molecule has 0 spiro atoms. The van der Waals surface area contributed by atoms with Crippen LogP contribution in [0.4, 0.5) is 10.5 Å². The molecule has 10 heteroatoms. The number of benzene rings is 2. The van der Waals surface area contributed by atoms with Gasteiger partial charge in [0.25, 0.3) is 11.8 Å². The molecule has 2 aromatic rings. The van der Waals surface area contributed by atoms with Crippen LogP contribution in [0.1, 0.15) is 19.4 Å². The van der Waals surface area contributed by atoms with Crippen molar-refractivity contribution in [2.24, 2.45) is 0 Å². The molecule has 32 heavy (non-hydrogen) atoms. The van der Waals surface area contributed by atoms with E-state index in [1.54, 1.807) is 18.2 Å². The summed E-state index contributed by atoms with van der Waals surface area (Å²) in [6.45, 7) is 4.41. The standard InChI is InChI=1S/C22H19ClN2O7/c1-3-29-18-9-12(8-15(23)19(18)30-4-2)7-14-20(26)24-22(28)25(21(14)27)13-5-6-16-17(10-13)32-11-31-16/h5-10H,3-4,11H2,1-2H3,(H,24,26,28)/b14-7+. The molecule has 0 atom stereocenters. The first-order valence-electron chi connectivity index (χ1n) is 9.83. The van der Waals surface area contributed by atoms with Crippen LogP contribution in [0.2, 0.25) is 5.02 Å². The van der Waals surface area contributed by atoms with Gasteiger partial charge in [-0.15, -0.1) is 0 Å². The minimum Gasteiger partial charge on any atom is -0.490 e. The quantitative estimate of drug-likeness (QED) is 0.521. The van der Waals surface area contributed by atoms with Gasteiger partial charge < -0.3 is 18.9 Å². The fraction of sp³-hybridized carbons (Fsp3) is 0.227. The van der Waals surface area contributed by atoms with Crippen molar-refractivity contribution in [3.8, 4) is 23.0 Å². The van der Waals surface area contributed by atoms with E-state index in [1.807, 2.05) is 13.8 Å². The number of anilines is 1. The Labute approximate surface area is 188 Å². The number of rotatable bonds is 6. The summed E-state index contributed by atoms with van der Waals surface area (Å²) < 4.78 is 21.7. The molecule has 1 fully saturated rings. The van der Waals surface area contributed by atoms with Crippen molar-refractivity contribution in [3.05, 3.63) is 46.5 Å². The van der Waals surface area contributed by atoms with Gasteiger partial charge in [0.1, 0.15) is 5.57 Å². The fourth-order valence-electron chi connectivity index (χ4n) is 3.30. The number of barbiturate groups is 1. The van der Waals surface area contributed by atoms with Crippen molar-refractivity contribution in [1.29, 1.82) is 0 Å². The number of carbonyl (C=O) groups is 3. The Bertz CT molecular complexity index is 1150. The van der Waals surface area contributed by atoms with Crippen molar-refractivity contribution >= 4 is 41.2 Å². The largest absolute Gasteiger partial charge is 0.490 e. The fourth-order valence-corrected chi connectivity index (χ4v) is 3.58. The Hall–Kier alpha value is -3.72. The number of nitrogens with one attached hydrogen (secondary N) is 1. The number of ether oxygens (including phenoxy) is 4. The topological polar surface area (TPSA) is 103 Å². The zero-order valence-electron chi connectivity index (χ0n) is 17.3. The molecule has 9 nitrogen and oxygen atoms in total. The number of halogens is 1. The van der Waals surface area contributed by atoms with Crippen LogP contribution in [0.5, 0.6) is 23.0 Å². The van der Waals surface area contributed by atoms with Gasteiger partial charge in [0.15, 0.2) is 23.0 Å². The molecule has 2 aliphatic heterocycles. The molecule has 0 bridgehead atoms. The number of hydrogen-bond acceptors (Lipinski definition) is 7. The monoisotopic (exact) mass is 458 g/mol. The number of carbonyl (C=O) groups excluding carboxylic acids is 3. The number of nitrogens with zero attached hydrogens (tertiary/aromatic N) is 1. The Balaban J connectivity index is 1.72. The molecule has 0 aromatic heterocycles. The molecule has 0 radical (unpaired) electrons. The Morgan fingerprint density at radius 3 is 2.56 bits per heavy atom. The van der Waals surface area contributed by atoms with Crippen molar-refractivity contribution in [2.75, 3.05) is 24.9 Å². The van der Waals surface area contributed by atoms with E-state index >= 15 is 0 Å². The summed E-state index contributed by atoms with van der Waals surface area (Å²) in [6, 6.07) is 6.89. The van der Waals surface area contributed by atoms with Crippen LogP contribution in [0.3, 0.4) is 0 Å². The summed E-state index contributed by atoms with van der Waals surface area (Å²) in [6.07, 6.45) is 1.34. The van der Waals surface area contributed by atoms with E-state index in [9.17, 15) is 14.4 Å². The summed E-state index contributed by atoms with van der Waals surface area (Å²) in [5.74, 6) is 0.0273. The highest BCUT2D eigenvalue weighted by Gasteiger charge is 2.37. The van der Waals surface area contributed by atoms with Gasteiger partial charge >= 0.3 is 6.03 Å². The molecule has 0 unspecified atom stereocenters. The van der Waals surface area contributed by atoms with Crippen LogP contribution in [0, 0.1) is 0 Å². The second kappa shape index (κ2) is 8.80. The first kappa shape index (κ1) is 21.5. The maximum absolute atomic E-state index is 13.1. The minimum absolute atomic E-state index is 0.0449. The van der Waals surface area contributed by atoms with Crippen molar-refractivity contribution in [3.63, 3.8) is 0 Å². The maximum atomic E-state index is 13.1. The van der Waals surface area contributed by atoms with Crippen LogP contribution in [-0.2, 0) is 9.59 Å². The molecule has 4 rings (SSSR count). The van der Waals surface area contributed by atoms with Gasteiger partial charge in [0.2, 0.25) is 6.79 Å². The summed E-state index contributed by atoms with van der Waals surface area (Å²) in [4.78, 5) is 38.9. The predicted molar refractivity (Wildman–Crippen MR) is 115 cm³/mol. The lowest BCUT2D eigenvalue weighted by molar-refractivity contribution is -0.122. The molecule has 1 saturated heterocycles. The zero-order valence-corrected chi connectivity index (χ0v) is 18.0. The van der Waals surface area contributed by atoms with E-state index in [4.69, 9.17) is 30.5 Å². The number of imide groups is 2. The highest BCUT2D eigenvalue weighted by Crippen LogP contribution is 2.38. The van der Waals surface area contributed by atoms with Crippen LogP contribution in [0.15, 0.2) is 35.9 Å². The molecule has 1 N–H and O–H groups in total. The first-order chi connectivity index (χ1) is 15.4. The first-order valence-corrected chi connectivity index (χ1v) is 10.2. The smallest absolute Gasteiger partial charge is 0.335 e. The highest BCUT2D eigenvalue weighted by atomic mass is 35.5. The van der Waals surface area contributed by atoms with Crippen LogP contribution >= 0.6 is 11.6 Å². The number of urea groups is 1.